The highest BCUT2D eigenvalue weighted by Crippen LogP contribution is 2.06. The van der Waals surface area contributed by atoms with E-state index < -0.39 is 0 Å². The molecule has 0 atom stereocenters. The maximum Gasteiger partial charge on any atom is 0.317 e. The van der Waals surface area contributed by atoms with Gasteiger partial charge in [0.1, 0.15) is 0 Å². The minimum atomic E-state index is -0.125. The Kier molecular flexibility index (Phi) is 2.57. The Labute approximate surface area is 87.2 Å². The van der Waals surface area contributed by atoms with Crippen LogP contribution < -0.4 is 5.32 Å². The summed E-state index contributed by atoms with van der Waals surface area (Å²) in [6.07, 6.45) is 0.0200. The van der Waals surface area contributed by atoms with Crippen LogP contribution in [-0.2, 0) is 9.59 Å². The molecule has 6 nitrogen and oxygen atoms in total. The molecule has 2 aliphatic rings. The molecule has 0 aliphatic carbocycles. The molecule has 2 saturated heterocycles. The third kappa shape index (κ3) is 2.08. The molecule has 2 aliphatic heterocycles. The minimum absolute atomic E-state index is 0.0200. The molecule has 3 amide bonds. The quantitative estimate of drug-likeness (QED) is 0.597. The van der Waals surface area contributed by atoms with Crippen LogP contribution in [0.4, 0.5) is 4.79 Å². The Morgan fingerprint density at radius 3 is 2.40 bits per heavy atom. The fourth-order valence-electron chi connectivity index (χ4n) is 1.81. The smallest absolute Gasteiger partial charge is 0.317 e. The van der Waals surface area contributed by atoms with Gasteiger partial charge < -0.3 is 15.1 Å². The first-order valence-corrected chi connectivity index (χ1v) is 4.99. The van der Waals surface area contributed by atoms with Crippen molar-refractivity contribution in [1.82, 2.24) is 15.1 Å². The van der Waals surface area contributed by atoms with Crippen molar-refractivity contribution in [1.29, 1.82) is 0 Å². The third-order valence-electron chi connectivity index (χ3n) is 2.65. The highest BCUT2D eigenvalue weighted by Gasteiger charge is 2.28. The number of nitrogens with zero attached hydrogens (tertiary/aromatic N) is 2. The van der Waals surface area contributed by atoms with Crippen molar-refractivity contribution in [2.24, 2.45) is 0 Å². The summed E-state index contributed by atoms with van der Waals surface area (Å²) in [6.45, 7) is 2.50. The molecule has 2 fully saturated rings. The number of likely N-dealkylation sites (tertiary alicyclic amines) is 1. The van der Waals surface area contributed by atoms with Gasteiger partial charge in [-0.3, -0.25) is 9.59 Å². The monoisotopic (exact) mass is 211 g/mol. The first-order chi connectivity index (χ1) is 7.16. The number of urea groups is 1. The van der Waals surface area contributed by atoms with Gasteiger partial charge >= 0.3 is 6.03 Å². The molecule has 0 spiro atoms. The average Bonchev–Trinajstić information content (AvgIpc) is 2.70. The zero-order valence-corrected chi connectivity index (χ0v) is 8.36. The number of rotatable bonds is 3. The van der Waals surface area contributed by atoms with Gasteiger partial charge in [0.2, 0.25) is 5.91 Å². The van der Waals surface area contributed by atoms with Crippen molar-refractivity contribution in [2.75, 3.05) is 32.7 Å². The van der Waals surface area contributed by atoms with Gasteiger partial charge in [-0.25, -0.2) is 4.79 Å². The molecule has 0 saturated carbocycles. The summed E-state index contributed by atoms with van der Waals surface area (Å²) in [4.78, 5) is 36.6. The van der Waals surface area contributed by atoms with Gasteiger partial charge in [-0.2, -0.15) is 0 Å². The normalized spacial score (nSPS) is 21.5. The summed E-state index contributed by atoms with van der Waals surface area (Å²) in [5.41, 5.74) is 0. The van der Waals surface area contributed by atoms with E-state index in [2.05, 4.69) is 5.32 Å². The molecule has 0 bridgehead atoms. The van der Waals surface area contributed by atoms with Gasteiger partial charge in [-0.1, -0.05) is 0 Å². The maximum absolute atomic E-state index is 11.3. The third-order valence-corrected chi connectivity index (χ3v) is 2.65. The second-order valence-electron chi connectivity index (χ2n) is 3.75. The highest BCUT2D eigenvalue weighted by atomic mass is 16.2. The molecule has 0 aromatic heterocycles. The molecule has 82 valence electrons. The Balaban J connectivity index is 1.80. The van der Waals surface area contributed by atoms with Crippen molar-refractivity contribution in [3.8, 4) is 0 Å². The molecule has 0 radical (unpaired) electrons. The van der Waals surface area contributed by atoms with Crippen LogP contribution in [0.15, 0.2) is 0 Å². The molecular weight excluding hydrogens is 198 g/mol. The van der Waals surface area contributed by atoms with Crippen molar-refractivity contribution >= 4 is 17.7 Å². The van der Waals surface area contributed by atoms with Gasteiger partial charge in [0.05, 0.1) is 13.0 Å². The van der Waals surface area contributed by atoms with Crippen LogP contribution in [0.2, 0.25) is 0 Å². The van der Waals surface area contributed by atoms with Crippen molar-refractivity contribution in [3.05, 3.63) is 0 Å². The lowest BCUT2D eigenvalue weighted by Crippen LogP contribution is -2.37. The predicted octanol–water partition coefficient (Wildman–Crippen LogP) is -1.19. The second kappa shape index (κ2) is 3.88. The van der Waals surface area contributed by atoms with E-state index in [1.165, 1.54) is 4.90 Å². The lowest BCUT2D eigenvalue weighted by molar-refractivity contribution is -0.128. The number of ketones is 1. The van der Waals surface area contributed by atoms with Gasteiger partial charge in [0.25, 0.3) is 0 Å². The first kappa shape index (κ1) is 9.95. The molecule has 0 unspecified atom stereocenters. The summed E-state index contributed by atoms with van der Waals surface area (Å²) in [5, 5.41) is 2.68. The second-order valence-corrected chi connectivity index (χ2v) is 3.75. The number of carbonyl (C=O) groups is 3. The van der Waals surface area contributed by atoms with E-state index in [9.17, 15) is 14.4 Å². The van der Waals surface area contributed by atoms with E-state index in [0.29, 0.717) is 26.2 Å². The van der Waals surface area contributed by atoms with E-state index >= 15 is 0 Å². The van der Waals surface area contributed by atoms with Crippen LogP contribution in [-0.4, -0.2) is 60.2 Å². The Hall–Kier alpha value is -1.59. The number of carbonyl (C=O) groups excluding carboxylic acids is 3. The van der Waals surface area contributed by atoms with Gasteiger partial charge in [-0.05, 0) is 0 Å². The van der Waals surface area contributed by atoms with Crippen LogP contribution in [0.5, 0.6) is 0 Å². The summed E-state index contributed by atoms with van der Waals surface area (Å²) in [6, 6.07) is -0.0898. The summed E-state index contributed by atoms with van der Waals surface area (Å²) < 4.78 is 0. The summed E-state index contributed by atoms with van der Waals surface area (Å²) >= 11 is 0. The van der Waals surface area contributed by atoms with Crippen LogP contribution >= 0.6 is 0 Å². The Morgan fingerprint density at radius 1 is 1.13 bits per heavy atom. The van der Waals surface area contributed by atoms with Crippen LogP contribution in [0, 0.1) is 0 Å². The number of hydrogen-bond donors (Lipinski definition) is 1. The SMILES string of the molecule is O=C1CC(=O)N(CCN2CCNC2=O)C1. The topological polar surface area (TPSA) is 69.7 Å². The fraction of sp³-hybridized carbons (Fsp3) is 0.667. The zero-order chi connectivity index (χ0) is 10.8. The van der Waals surface area contributed by atoms with Crippen LogP contribution in [0.25, 0.3) is 0 Å². The van der Waals surface area contributed by atoms with E-state index in [0.717, 1.165) is 0 Å². The number of nitrogens with one attached hydrogen (secondary N) is 1. The molecule has 2 heterocycles. The summed E-state index contributed by atoms with van der Waals surface area (Å²) in [7, 11) is 0. The lowest BCUT2D eigenvalue weighted by atomic mass is 10.3. The van der Waals surface area contributed by atoms with Gasteiger partial charge in [0, 0.05) is 26.2 Å². The molecule has 15 heavy (non-hydrogen) atoms. The molecule has 6 heteroatoms. The number of hydrogen-bond acceptors (Lipinski definition) is 3. The van der Waals surface area contributed by atoms with Crippen molar-refractivity contribution < 1.29 is 14.4 Å². The van der Waals surface area contributed by atoms with Crippen LogP contribution in [0.3, 0.4) is 0 Å². The standard InChI is InChI=1S/C9H13N3O3/c13-7-5-8(14)12(6-7)4-3-11-2-1-10-9(11)15/h1-6H2,(H,10,15). The predicted molar refractivity (Wildman–Crippen MR) is 51.2 cm³/mol. The molecular formula is C9H13N3O3. The minimum Gasteiger partial charge on any atom is -0.336 e. The van der Waals surface area contributed by atoms with E-state index in [-0.39, 0.29) is 30.7 Å². The van der Waals surface area contributed by atoms with Crippen molar-refractivity contribution in [3.63, 3.8) is 0 Å². The number of amides is 3. The molecule has 2 rings (SSSR count). The maximum atomic E-state index is 11.3. The van der Waals surface area contributed by atoms with E-state index in [1.807, 2.05) is 0 Å². The Morgan fingerprint density at radius 2 is 1.87 bits per heavy atom. The Bertz CT molecular complexity index is 316. The lowest BCUT2D eigenvalue weighted by Gasteiger charge is -2.19. The van der Waals surface area contributed by atoms with E-state index in [4.69, 9.17) is 0 Å². The summed E-state index contributed by atoms with van der Waals surface area (Å²) in [5.74, 6) is -0.162. The highest BCUT2D eigenvalue weighted by molar-refractivity contribution is 6.05. The number of Topliss-reactive ketones (excluding diaryl/α,β-unsaturated/α-hetero) is 1. The van der Waals surface area contributed by atoms with Crippen LogP contribution in [0.1, 0.15) is 6.42 Å². The molecule has 0 aromatic carbocycles. The van der Waals surface area contributed by atoms with Gasteiger partial charge in [-0.15, -0.1) is 0 Å². The van der Waals surface area contributed by atoms with Gasteiger partial charge in [0.15, 0.2) is 5.78 Å². The fourth-order valence-corrected chi connectivity index (χ4v) is 1.81. The van der Waals surface area contributed by atoms with E-state index in [1.54, 1.807) is 4.90 Å². The average molecular weight is 211 g/mol. The molecule has 0 aromatic rings. The van der Waals surface area contributed by atoms with Crippen molar-refractivity contribution in [2.45, 2.75) is 6.42 Å². The largest absolute Gasteiger partial charge is 0.336 e. The molecule has 1 N–H and O–H groups in total. The zero-order valence-electron chi connectivity index (χ0n) is 8.36. The first-order valence-electron chi connectivity index (χ1n) is 4.99.